The second-order valence-corrected chi connectivity index (χ2v) is 6.74. The van der Waals surface area contributed by atoms with Crippen LogP contribution in [-0.4, -0.2) is 35.4 Å². The summed E-state index contributed by atoms with van der Waals surface area (Å²) >= 11 is 0. The molecule has 21 heavy (non-hydrogen) atoms. The summed E-state index contributed by atoms with van der Waals surface area (Å²) in [7, 11) is -3.77. The Kier molecular flexibility index (Phi) is 3.26. The molecule has 0 saturated heterocycles. The number of aromatic amines is 1. The molecule has 0 aliphatic carbocycles. The number of carbonyl (C=O) groups excluding carboxylic acids is 1. The Morgan fingerprint density at radius 1 is 1.24 bits per heavy atom. The van der Waals surface area contributed by atoms with Crippen molar-refractivity contribution in [2.75, 3.05) is 11.9 Å². The van der Waals surface area contributed by atoms with E-state index in [1.54, 1.807) is 25.1 Å². The van der Waals surface area contributed by atoms with Gasteiger partial charge in [0.2, 0.25) is 15.9 Å². The molecule has 1 aliphatic rings. The number of fused-ring (bicyclic) bond motifs is 1. The van der Waals surface area contributed by atoms with E-state index in [9.17, 15) is 13.2 Å². The lowest BCUT2D eigenvalue weighted by Crippen LogP contribution is -2.35. The standard InChI is InChI=1S/C13H14N4O3S/c1-9-12(6-14-16-9)21(19,20)17-7-10-4-2-3-5-11(10)15-13(18)8-17/h2-6H,7-8H2,1H3,(H,14,16)(H,15,18). The molecule has 0 bridgehead atoms. The van der Waals surface area contributed by atoms with E-state index in [2.05, 4.69) is 15.5 Å². The molecular formula is C13H14N4O3S. The highest BCUT2D eigenvalue weighted by molar-refractivity contribution is 7.89. The highest BCUT2D eigenvalue weighted by Crippen LogP contribution is 2.25. The minimum Gasteiger partial charge on any atom is -0.325 e. The molecule has 0 atom stereocenters. The number of H-pyrrole nitrogens is 1. The van der Waals surface area contributed by atoms with Gasteiger partial charge in [-0.05, 0) is 18.6 Å². The SMILES string of the molecule is Cc1[nH]ncc1S(=O)(=O)N1CC(=O)Nc2ccccc2C1. The molecule has 0 spiro atoms. The Balaban J connectivity index is 2.03. The van der Waals surface area contributed by atoms with Crippen molar-refractivity contribution in [3.63, 3.8) is 0 Å². The van der Waals surface area contributed by atoms with Crippen molar-refractivity contribution in [1.29, 1.82) is 0 Å². The Hall–Kier alpha value is -2.19. The predicted molar refractivity (Wildman–Crippen MR) is 76.0 cm³/mol. The van der Waals surface area contributed by atoms with Crippen LogP contribution in [0.4, 0.5) is 5.69 Å². The van der Waals surface area contributed by atoms with Crippen LogP contribution < -0.4 is 5.32 Å². The Morgan fingerprint density at radius 2 is 2.00 bits per heavy atom. The van der Waals surface area contributed by atoms with Crippen molar-refractivity contribution in [2.24, 2.45) is 0 Å². The van der Waals surface area contributed by atoms with E-state index < -0.39 is 10.0 Å². The van der Waals surface area contributed by atoms with Gasteiger partial charge in [0.1, 0.15) is 4.90 Å². The fourth-order valence-electron chi connectivity index (χ4n) is 2.28. The number of amides is 1. The molecule has 0 saturated carbocycles. The second kappa shape index (κ2) is 4.97. The van der Waals surface area contributed by atoms with Gasteiger partial charge < -0.3 is 5.32 Å². The summed E-state index contributed by atoms with van der Waals surface area (Å²) in [6, 6.07) is 7.16. The molecule has 1 amide bonds. The number of nitrogens with one attached hydrogen (secondary N) is 2. The number of sulfonamides is 1. The molecule has 0 unspecified atom stereocenters. The first kappa shape index (κ1) is 13.8. The molecule has 8 heteroatoms. The molecule has 2 N–H and O–H groups in total. The van der Waals surface area contributed by atoms with Crippen molar-refractivity contribution < 1.29 is 13.2 Å². The lowest BCUT2D eigenvalue weighted by molar-refractivity contribution is -0.116. The van der Waals surface area contributed by atoms with Crippen LogP contribution in [-0.2, 0) is 21.4 Å². The van der Waals surface area contributed by atoms with Gasteiger partial charge in [-0.2, -0.15) is 9.40 Å². The summed E-state index contributed by atoms with van der Waals surface area (Å²) in [5.74, 6) is -0.357. The predicted octanol–water partition coefficient (Wildman–Crippen LogP) is 0.861. The maximum Gasteiger partial charge on any atom is 0.247 e. The molecule has 0 fully saturated rings. The molecule has 110 valence electrons. The molecule has 2 aromatic rings. The topological polar surface area (TPSA) is 95.2 Å². The van der Waals surface area contributed by atoms with E-state index in [0.717, 1.165) is 9.87 Å². The monoisotopic (exact) mass is 306 g/mol. The smallest absolute Gasteiger partial charge is 0.247 e. The van der Waals surface area contributed by atoms with Gasteiger partial charge in [-0.25, -0.2) is 8.42 Å². The van der Waals surface area contributed by atoms with E-state index in [0.29, 0.717) is 11.4 Å². The average Bonchev–Trinajstić information content (AvgIpc) is 2.78. The molecule has 0 radical (unpaired) electrons. The fraction of sp³-hybridized carbons (Fsp3) is 0.231. The van der Waals surface area contributed by atoms with Gasteiger partial charge in [0.25, 0.3) is 0 Å². The zero-order valence-electron chi connectivity index (χ0n) is 11.3. The van der Waals surface area contributed by atoms with Gasteiger partial charge >= 0.3 is 0 Å². The lowest BCUT2D eigenvalue weighted by Gasteiger charge is -2.18. The minimum atomic E-state index is -3.77. The summed E-state index contributed by atoms with van der Waals surface area (Å²) in [6.45, 7) is 1.55. The number of rotatable bonds is 2. The third-order valence-electron chi connectivity index (χ3n) is 3.36. The Morgan fingerprint density at radius 3 is 2.71 bits per heavy atom. The maximum absolute atomic E-state index is 12.7. The van der Waals surface area contributed by atoms with Gasteiger partial charge in [0.05, 0.1) is 18.4 Å². The van der Waals surface area contributed by atoms with Crippen LogP contribution in [0.15, 0.2) is 35.4 Å². The van der Waals surface area contributed by atoms with Crippen LogP contribution in [0, 0.1) is 6.92 Å². The zero-order chi connectivity index (χ0) is 15.0. The number of hydrogen-bond donors (Lipinski definition) is 2. The van der Waals surface area contributed by atoms with E-state index in [1.165, 1.54) is 6.20 Å². The number of aromatic nitrogens is 2. The Labute approximate surface area is 122 Å². The number of anilines is 1. The van der Waals surface area contributed by atoms with Crippen LogP contribution in [0.2, 0.25) is 0 Å². The Bertz CT molecular complexity index is 797. The highest BCUT2D eigenvalue weighted by Gasteiger charge is 2.31. The summed E-state index contributed by atoms with van der Waals surface area (Å²) in [5.41, 5.74) is 1.85. The number of para-hydroxylation sites is 1. The van der Waals surface area contributed by atoms with Crippen LogP contribution in [0.1, 0.15) is 11.3 Å². The first-order valence-electron chi connectivity index (χ1n) is 6.36. The van der Waals surface area contributed by atoms with Gasteiger partial charge in [-0.1, -0.05) is 18.2 Å². The maximum atomic E-state index is 12.7. The molecule has 2 heterocycles. The van der Waals surface area contributed by atoms with Gasteiger partial charge in [-0.3, -0.25) is 9.89 Å². The number of aryl methyl sites for hydroxylation is 1. The van der Waals surface area contributed by atoms with Crippen LogP contribution in [0.5, 0.6) is 0 Å². The minimum absolute atomic E-state index is 0.0923. The normalized spacial score (nSPS) is 16.1. The van der Waals surface area contributed by atoms with Crippen molar-refractivity contribution in [3.05, 3.63) is 41.7 Å². The summed E-state index contributed by atoms with van der Waals surface area (Å²) < 4.78 is 26.5. The van der Waals surface area contributed by atoms with Gasteiger partial charge in [0.15, 0.2) is 0 Å². The quantitative estimate of drug-likeness (QED) is 0.860. The van der Waals surface area contributed by atoms with Crippen molar-refractivity contribution >= 4 is 21.6 Å². The summed E-state index contributed by atoms with van der Waals surface area (Å²) in [4.78, 5) is 12.0. The zero-order valence-corrected chi connectivity index (χ0v) is 12.1. The highest BCUT2D eigenvalue weighted by atomic mass is 32.2. The van der Waals surface area contributed by atoms with E-state index in [4.69, 9.17) is 0 Å². The first-order chi connectivity index (χ1) is 9.98. The molecule has 1 aromatic heterocycles. The van der Waals surface area contributed by atoms with Crippen molar-refractivity contribution in [3.8, 4) is 0 Å². The third-order valence-corrected chi connectivity index (χ3v) is 5.27. The van der Waals surface area contributed by atoms with Gasteiger partial charge in [0, 0.05) is 12.2 Å². The number of benzene rings is 1. The molecule has 1 aliphatic heterocycles. The average molecular weight is 306 g/mol. The van der Waals surface area contributed by atoms with Gasteiger partial charge in [-0.15, -0.1) is 0 Å². The van der Waals surface area contributed by atoms with Crippen molar-refractivity contribution in [1.82, 2.24) is 14.5 Å². The van der Waals surface area contributed by atoms with E-state index >= 15 is 0 Å². The van der Waals surface area contributed by atoms with E-state index in [1.807, 2.05) is 6.07 Å². The van der Waals surface area contributed by atoms with E-state index in [-0.39, 0.29) is 23.9 Å². The van der Waals surface area contributed by atoms with Crippen LogP contribution in [0.25, 0.3) is 0 Å². The van der Waals surface area contributed by atoms with Crippen LogP contribution in [0.3, 0.4) is 0 Å². The summed E-state index contributed by atoms with van der Waals surface area (Å²) in [5, 5.41) is 9.06. The number of hydrogen-bond acceptors (Lipinski definition) is 4. The molecule has 7 nitrogen and oxygen atoms in total. The second-order valence-electron chi connectivity index (χ2n) is 4.84. The van der Waals surface area contributed by atoms with Crippen molar-refractivity contribution in [2.45, 2.75) is 18.4 Å². The molecule has 1 aromatic carbocycles. The van der Waals surface area contributed by atoms with Crippen LogP contribution >= 0.6 is 0 Å². The summed E-state index contributed by atoms with van der Waals surface area (Å²) in [6.07, 6.45) is 1.26. The first-order valence-corrected chi connectivity index (χ1v) is 7.80. The largest absolute Gasteiger partial charge is 0.325 e. The molecule has 3 rings (SSSR count). The lowest BCUT2D eigenvalue weighted by atomic mass is 10.2. The number of carbonyl (C=O) groups is 1. The number of nitrogens with zero attached hydrogens (tertiary/aromatic N) is 2. The molecular weight excluding hydrogens is 292 g/mol. The third kappa shape index (κ3) is 2.43. The fourth-order valence-corrected chi connectivity index (χ4v) is 3.78.